The van der Waals surface area contributed by atoms with Crippen molar-refractivity contribution < 1.29 is 14.6 Å². The van der Waals surface area contributed by atoms with Crippen LogP contribution in [0.15, 0.2) is 18.2 Å². The standard InChI is InChI=1S/C7H9NO.C6H13NO2.C2H6N2/c1-5-2-3-6(8)7(9)4-5;1-8-5-6-7-3-2-4-9-6;3-1-2-4/h2-4,9H,8H2,1H3;6-7H,2-5H2,1H3;1,3H,2,4H2. The molecule has 1 aromatic rings. The van der Waals surface area contributed by atoms with Gasteiger partial charge in [-0.2, -0.15) is 0 Å². The van der Waals surface area contributed by atoms with Crippen LogP contribution in [0.2, 0.25) is 0 Å². The van der Waals surface area contributed by atoms with E-state index in [0.29, 0.717) is 18.8 Å². The number of nitrogens with one attached hydrogen (secondary N) is 2. The summed E-state index contributed by atoms with van der Waals surface area (Å²) in [6.45, 7) is 4.83. The van der Waals surface area contributed by atoms with E-state index < -0.39 is 0 Å². The average molecular weight is 312 g/mol. The first kappa shape index (κ1) is 20.3. The molecule has 126 valence electrons. The Hall–Kier alpha value is -1.67. The zero-order valence-electron chi connectivity index (χ0n) is 13.3. The fraction of sp³-hybridized carbons (Fsp3) is 0.533. The van der Waals surface area contributed by atoms with Crippen LogP contribution in [0.3, 0.4) is 0 Å². The molecule has 1 unspecified atom stereocenters. The van der Waals surface area contributed by atoms with Crippen molar-refractivity contribution in [1.82, 2.24) is 5.32 Å². The first-order valence-electron chi connectivity index (χ1n) is 7.13. The van der Waals surface area contributed by atoms with Crippen LogP contribution < -0.4 is 16.8 Å². The van der Waals surface area contributed by atoms with E-state index in [0.717, 1.165) is 31.4 Å². The minimum atomic E-state index is 0.128. The van der Waals surface area contributed by atoms with E-state index in [1.807, 2.05) is 13.0 Å². The third-order valence-electron chi connectivity index (χ3n) is 2.63. The third-order valence-corrected chi connectivity index (χ3v) is 2.63. The van der Waals surface area contributed by atoms with E-state index in [4.69, 9.17) is 31.5 Å². The summed E-state index contributed by atoms with van der Waals surface area (Å²) < 4.78 is 10.2. The number of rotatable bonds is 3. The van der Waals surface area contributed by atoms with E-state index in [1.54, 1.807) is 19.2 Å². The van der Waals surface area contributed by atoms with Gasteiger partial charge in [0.2, 0.25) is 0 Å². The maximum Gasteiger partial charge on any atom is 0.138 e. The van der Waals surface area contributed by atoms with Gasteiger partial charge in [-0.3, -0.25) is 5.32 Å². The lowest BCUT2D eigenvalue weighted by atomic mass is 10.2. The van der Waals surface area contributed by atoms with E-state index in [2.05, 4.69) is 5.32 Å². The van der Waals surface area contributed by atoms with Crippen LogP contribution >= 0.6 is 0 Å². The number of aromatic hydroxyl groups is 1. The summed E-state index contributed by atoms with van der Waals surface area (Å²) in [7, 11) is 1.68. The number of methoxy groups -OCH3 is 1. The topological polar surface area (TPSA) is 127 Å². The highest BCUT2D eigenvalue weighted by Gasteiger charge is 2.10. The van der Waals surface area contributed by atoms with Crippen molar-refractivity contribution in [3.63, 3.8) is 0 Å². The smallest absolute Gasteiger partial charge is 0.138 e. The number of phenols is 1. The number of aryl methyl sites for hydroxylation is 1. The van der Waals surface area contributed by atoms with Crippen LogP contribution in [0, 0.1) is 12.3 Å². The summed E-state index contributed by atoms with van der Waals surface area (Å²) in [5.74, 6) is 0.162. The van der Waals surface area contributed by atoms with Gasteiger partial charge in [0.1, 0.15) is 12.0 Å². The van der Waals surface area contributed by atoms with Crippen LogP contribution in [0.25, 0.3) is 0 Å². The second kappa shape index (κ2) is 13.0. The lowest BCUT2D eigenvalue weighted by Gasteiger charge is -2.22. The molecule has 1 fully saturated rings. The normalized spacial score (nSPS) is 16.6. The van der Waals surface area contributed by atoms with Crippen molar-refractivity contribution in [3.8, 4) is 5.75 Å². The molecule has 1 atom stereocenters. The van der Waals surface area contributed by atoms with Gasteiger partial charge in [-0.05, 0) is 37.6 Å². The molecule has 22 heavy (non-hydrogen) atoms. The minimum Gasteiger partial charge on any atom is -0.506 e. The van der Waals surface area contributed by atoms with Crippen molar-refractivity contribution in [2.45, 2.75) is 19.6 Å². The molecular formula is C15H28N4O3. The zero-order valence-corrected chi connectivity index (χ0v) is 13.3. The molecule has 0 aromatic heterocycles. The minimum absolute atomic E-state index is 0.128. The van der Waals surface area contributed by atoms with Gasteiger partial charge in [0.15, 0.2) is 0 Å². The summed E-state index contributed by atoms with van der Waals surface area (Å²) in [6.07, 6.45) is 2.39. The molecule has 1 saturated heterocycles. The summed E-state index contributed by atoms with van der Waals surface area (Å²) >= 11 is 0. The zero-order chi connectivity index (χ0) is 16.8. The second-order valence-electron chi connectivity index (χ2n) is 4.62. The van der Waals surface area contributed by atoms with Gasteiger partial charge >= 0.3 is 0 Å². The Morgan fingerprint density at radius 1 is 1.55 bits per heavy atom. The maximum absolute atomic E-state index is 8.98. The monoisotopic (exact) mass is 312 g/mol. The molecule has 7 nitrogen and oxygen atoms in total. The summed E-state index contributed by atoms with van der Waals surface area (Å²) in [4.78, 5) is 0. The predicted molar refractivity (Wildman–Crippen MR) is 89.3 cm³/mol. The molecular weight excluding hydrogens is 284 g/mol. The number of hydrogen-bond acceptors (Lipinski definition) is 7. The van der Waals surface area contributed by atoms with Crippen LogP contribution in [0.4, 0.5) is 5.69 Å². The quantitative estimate of drug-likeness (QED) is 0.320. The predicted octanol–water partition coefficient (Wildman–Crippen LogP) is 0.846. The number of phenolic OH excluding ortho intramolecular Hbond substituents is 1. The fourth-order valence-corrected chi connectivity index (χ4v) is 1.53. The fourth-order valence-electron chi connectivity index (χ4n) is 1.53. The molecule has 0 amide bonds. The van der Waals surface area contributed by atoms with Crippen LogP contribution in [0.1, 0.15) is 12.0 Å². The number of nitrogens with two attached hydrogens (primary N) is 2. The third kappa shape index (κ3) is 10.1. The second-order valence-corrected chi connectivity index (χ2v) is 4.62. The van der Waals surface area contributed by atoms with Gasteiger partial charge in [0.25, 0.3) is 0 Å². The number of anilines is 1. The van der Waals surface area contributed by atoms with Gasteiger partial charge in [0, 0.05) is 26.5 Å². The Labute approximate surface area is 132 Å². The van der Waals surface area contributed by atoms with Crippen molar-refractivity contribution >= 4 is 11.9 Å². The van der Waals surface area contributed by atoms with E-state index in [-0.39, 0.29) is 12.0 Å². The first-order chi connectivity index (χ1) is 10.5. The molecule has 1 aliphatic rings. The molecule has 0 saturated carbocycles. The van der Waals surface area contributed by atoms with Crippen molar-refractivity contribution in [3.05, 3.63) is 23.8 Å². The molecule has 0 spiro atoms. The number of benzene rings is 1. The molecule has 0 radical (unpaired) electrons. The lowest BCUT2D eigenvalue weighted by Crippen LogP contribution is -2.41. The molecule has 0 bridgehead atoms. The Morgan fingerprint density at radius 3 is 2.64 bits per heavy atom. The van der Waals surface area contributed by atoms with E-state index in [9.17, 15) is 0 Å². The van der Waals surface area contributed by atoms with Gasteiger partial charge in [-0.15, -0.1) is 0 Å². The Bertz CT molecular complexity index is 407. The highest BCUT2D eigenvalue weighted by Crippen LogP contribution is 2.19. The maximum atomic E-state index is 8.98. The van der Waals surface area contributed by atoms with E-state index in [1.165, 1.54) is 0 Å². The average Bonchev–Trinajstić information content (AvgIpc) is 2.53. The first-order valence-corrected chi connectivity index (χ1v) is 7.13. The number of hydrogen-bond donors (Lipinski definition) is 5. The largest absolute Gasteiger partial charge is 0.506 e. The molecule has 7 heteroatoms. The Morgan fingerprint density at radius 2 is 2.23 bits per heavy atom. The Kier molecular flexibility index (Phi) is 12.0. The molecule has 7 N–H and O–H groups in total. The number of ether oxygens (including phenoxy) is 2. The van der Waals surface area contributed by atoms with Crippen LogP contribution in [-0.4, -0.2) is 51.0 Å². The number of nitrogen functional groups attached to an aromatic ring is 1. The van der Waals surface area contributed by atoms with Crippen molar-refractivity contribution in [1.29, 1.82) is 5.41 Å². The summed E-state index contributed by atoms with van der Waals surface area (Å²) in [6, 6.07) is 5.18. The van der Waals surface area contributed by atoms with Crippen LogP contribution in [-0.2, 0) is 9.47 Å². The molecule has 0 aliphatic carbocycles. The highest BCUT2D eigenvalue weighted by molar-refractivity contribution is 5.54. The van der Waals surface area contributed by atoms with Crippen LogP contribution in [0.5, 0.6) is 5.75 Å². The van der Waals surface area contributed by atoms with Gasteiger partial charge in [-0.1, -0.05) is 6.07 Å². The van der Waals surface area contributed by atoms with E-state index >= 15 is 0 Å². The summed E-state index contributed by atoms with van der Waals surface area (Å²) in [5.41, 5.74) is 11.6. The highest BCUT2D eigenvalue weighted by atomic mass is 16.5. The molecule has 1 aromatic carbocycles. The Balaban J connectivity index is 0.000000326. The van der Waals surface area contributed by atoms with Gasteiger partial charge < -0.3 is 31.5 Å². The van der Waals surface area contributed by atoms with Gasteiger partial charge in [0.05, 0.1) is 12.3 Å². The molecule has 1 aliphatic heterocycles. The van der Waals surface area contributed by atoms with Crippen molar-refractivity contribution in [2.75, 3.05) is 39.1 Å². The lowest BCUT2D eigenvalue weighted by molar-refractivity contribution is -0.0421. The SMILES string of the molecule is COCC1NCCCO1.Cc1ccc(N)c(O)c1.N=CCN. The van der Waals surface area contributed by atoms with Gasteiger partial charge in [-0.25, -0.2) is 0 Å². The molecule has 2 rings (SSSR count). The molecule has 1 heterocycles. The van der Waals surface area contributed by atoms with Crippen molar-refractivity contribution in [2.24, 2.45) is 5.73 Å². The summed E-state index contributed by atoms with van der Waals surface area (Å²) in [5, 5.41) is 18.3.